The predicted molar refractivity (Wildman–Crippen MR) is 65.2 cm³/mol. The molecular formula is C12H13ClFNO3. The third-order valence-corrected chi connectivity index (χ3v) is 2.62. The summed E-state index contributed by atoms with van der Waals surface area (Å²) in [5, 5.41) is 8.76. The summed E-state index contributed by atoms with van der Waals surface area (Å²) in [7, 11) is 1.49. The fourth-order valence-corrected chi connectivity index (χ4v) is 1.61. The predicted octanol–water partition coefficient (Wildman–Crippen LogP) is 2.42. The van der Waals surface area contributed by atoms with Crippen molar-refractivity contribution in [2.24, 2.45) is 0 Å². The average molecular weight is 274 g/mol. The molecule has 0 fully saturated rings. The Morgan fingerprint density at radius 3 is 2.72 bits per heavy atom. The molecule has 0 heterocycles. The highest BCUT2D eigenvalue weighted by Crippen LogP contribution is 2.16. The van der Waals surface area contributed by atoms with E-state index in [1.807, 2.05) is 0 Å². The van der Waals surface area contributed by atoms with Crippen molar-refractivity contribution >= 4 is 23.5 Å². The van der Waals surface area contributed by atoms with Crippen LogP contribution in [0.25, 0.3) is 0 Å². The van der Waals surface area contributed by atoms with Crippen LogP contribution in [0.3, 0.4) is 0 Å². The number of nitrogens with zero attached hydrogens (tertiary/aromatic N) is 1. The van der Waals surface area contributed by atoms with E-state index >= 15 is 0 Å². The molecule has 0 atom stereocenters. The van der Waals surface area contributed by atoms with Crippen LogP contribution >= 0.6 is 11.6 Å². The summed E-state index contributed by atoms with van der Waals surface area (Å²) in [4.78, 5) is 23.5. The third kappa shape index (κ3) is 4.00. The van der Waals surface area contributed by atoms with E-state index in [1.54, 1.807) is 0 Å². The minimum absolute atomic E-state index is 0.0321. The number of carboxylic acid groups (broad SMARTS) is 1. The van der Waals surface area contributed by atoms with Crippen molar-refractivity contribution in [2.45, 2.75) is 12.8 Å². The first-order valence-corrected chi connectivity index (χ1v) is 5.72. The number of hydrogen-bond donors (Lipinski definition) is 1. The zero-order chi connectivity index (χ0) is 13.7. The number of carboxylic acids is 1. The first kappa shape index (κ1) is 14.4. The summed E-state index contributed by atoms with van der Waals surface area (Å²) in [6, 6.07) is 3.74. The molecule has 0 saturated carbocycles. The zero-order valence-corrected chi connectivity index (χ0v) is 10.6. The number of carbonyl (C=O) groups is 2. The molecule has 0 saturated heterocycles. The van der Waals surface area contributed by atoms with Crippen LogP contribution in [0, 0.1) is 5.82 Å². The summed E-state index contributed by atoms with van der Waals surface area (Å²) >= 11 is 5.70. The SMILES string of the molecule is CN(CCCC(=O)O)C(=O)c1cc(Cl)ccc1F. The van der Waals surface area contributed by atoms with Crippen molar-refractivity contribution in [3.05, 3.63) is 34.6 Å². The number of halogens is 2. The van der Waals surface area contributed by atoms with Crippen LogP contribution in [0.15, 0.2) is 18.2 Å². The first-order valence-electron chi connectivity index (χ1n) is 5.34. The van der Waals surface area contributed by atoms with Crippen molar-refractivity contribution in [3.63, 3.8) is 0 Å². The normalized spacial score (nSPS) is 10.2. The quantitative estimate of drug-likeness (QED) is 0.896. The van der Waals surface area contributed by atoms with E-state index in [0.29, 0.717) is 6.42 Å². The van der Waals surface area contributed by atoms with Crippen LogP contribution in [-0.4, -0.2) is 35.5 Å². The van der Waals surface area contributed by atoms with Gasteiger partial charge in [-0.3, -0.25) is 9.59 Å². The molecule has 1 N–H and O–H groups in total. The molecule has 0 unspecified atom stereocenters. The Kier molecular flexibility index (Phi) is 5.09. The van der Waals surface area contributed by atoms with Gasteiger partial charge in [0.1, 0.15) is 5.82 Å². The fraction of sp³-hybridized carbons (Fsp3) is 0.333. The van der Waals surface area contributed by atoms with Gasteiger partial charge in [0.25, 0.3) is 5.91 Å². The summed E-state index contributed by atoms with van der Waals surface area (Å²) in [6.45, 7) is 0.247. The van der Waals surface area contributed by atoms with Gasteiger partial charge in [-0.15, -0.1) is 0 Å². The highest BCUT2D eigenvalue weighted by Gasteiger charge is 2.16. The van der Waals surface area contributed by atoms with Gasteiger partial charge in [0.2, 0.25) is 0 Å². The summed E-state index contributed by atoms with van der Waals surface area (Å²) in [6.07, 6.45) is 0.287. The van der Waals surface area contributed by atoms with E-state index in [1.165, 1.54) is 24.1 Å². The lowest BCUT2D eigenvalue weighted by Gasteiger charge is -2.17. The molecule has 0 bridgehead atoms. The Bertz CT molecular complexity index is 465. The molecule has 98 valence electrons. The zero-order valence-electron chi connectivity index (χ0n) is 9.82. The Hall–Kier alpha value is -1.62. The highest BCUT2D eigenvalue weighted by atomic mass is 35.5. The lowest BCUT2D eigenvalue weighted by Crippen LogP contribution is -2.28. The minimum Gasteiger partial charge on any atom is -0.481 e. The van der Waals surface area contributed by atoms with Gasteiger partial charge in [0.15, 0.2) is 0 Å². The highest BCUT2D eigenvalue weighted by molar-refractivity contribution is 6.30. The number of rotatable bonds is 5. The maximum absolute atomic E-state index is 13.4. The van der Waals surface area contributed by atoms with Crippen LogP contribution in [-0.2, 0) is 4.79 Å². The Balaban J connectivity index is 2.68. The van der Waals surface area contributed by atoms with Crippen LogP contribution in [0.2, 0.25) is 5.02 Å². The Morgan fingerprint density at radius 2 is 2.11 bits per heavy atom. The summed E-state index contributed by atoms with van der Waals surface area (Å²) < 4.78 is 13.4. The van der Waals surface area contributed by atoms with Crippen LogP contribution in [0.4, 0.5) is 4.39 Å². The van der Waals surface area contributed by atoms with Gasteiger partial charge in [0, 0.05) is 25.0 Å². The van der Waals surface area contributed by atoms with Gasteiger partial charge in [-0.1, -0.05) is 11.6 Å². The molecule has 4 nitrogen and oxygen atoms in total. The average Bonchev–Trinajstić information content (AvgIpc) is 2.30. The van der Waals surface area contributed by atoms with Gasteiger partial charge in [-0.25, -0.2) is 4.39 Å². The second-order valence-electron chi connectivity index (χ2n) is 3.85. The van der Waals surface area contributed by atoms with E-state index in [9.17, 15) is 14.0 Å². The van der Waals surface area contributed by atoms with Gasteiger partial charge < -0.3 is 10.0 Å². The molecule has 0 spiro atoms. The van der Waals surface area contributed by atoms with Gasteiger partial charge >= 0.3 is 5.97 Å². The second kappa shape index (κ2) is 6.35. The maximum atomic E-state index is 13.4. The molecule has 1 rings (SSSR count). The van der Waals surface area contributed by atoms with Crippen LogP contribution < -0.4 is 0 Å². The molecule has 18 heavy (non-hydrogen) atoms. The lowest BCUT2D eigenvalue weighted by molar-refractivity contribution is -0.137. The molecule has 0 aliphatic rings. The molecule has 0 radical (unpaired) electrons. The molecule has 0 aliphatic carbocycles. The number of carbonyl (C=O) groups excluding carboxylic acids is 1. The van der Waals surface area contributed by atoms with Gasteiger partial charge in [-0.05, 0) is 24.6 Å². The van der Waals surface area contributed by atoms with Crippen LogP contribution in [0.5, 0.6) is 0 Å². The van der Waals surface area contributed by atoms with E-state index in [0.717, 1.165) is 6.07 Å². The van der Waals surface area contributed by atoms with Crippen molar-refractivity contribution < 1.29 is 19.1 Å². The fourth-order valence-electron chi connectivity index (χ4n) is 1.44. The molecule has 0 aliphatic heterocycles. The van der Waals surface area contributed by atoms with Gasteiger partial charge in [0.05, 0.1) is 5.56 Å². The Labute approximate surface area is 109 Å². The standard InChI is InChI=1S/C12H13ClFNO3/c1-15(6-2-3-11(16)17)12(18)9-7-8(13)4-5-10(9)14/h4-5,7H,2-3,6H2,1H3,(H,16,17). The van der Waals surface area contributed by atoms with E-state index < -0.39 is 17.7 Å². The monoisotopic (exact) mass is 273 g/mol. The lowest BCUT2D eigenvalue weighted by atomic mass is 10.2. The number of amides is 1. The number of aliphatic carboxylic acids is 1. The van der Waals surface area contributed by atoms with Crippen molar-refractivity contribution in [2.75, 3.05) is 13.6 Å². The topological polar surface area (TPSA) is 57.6 Å². The first-order chi connectivity index (χ1) is 8.41. The van der Waals surface area contributed by atoms with Gasteiger partial charge in [-0.2, -0.15) is 0 Å². The molecule has 1 aromatic rings. The largest absolute Gasteiger partial charge is 0.481 e. The summed E-state index contributed by atoms with van der Waals surface area (Å²) in [5.41, 5.74) is -0.111. The molecule has 1 amide bonds. The number of benzene rings is 1. The van der Waals surface area contributed by atoms with E-state index in [2.05, 4.69) is 0 Å². The van der Waals surface area contributed by atoms with Crippen molar-refractivity contribution in [3.8, 4) is 0 Å². The molecule has 1 aromatic carbocycles. The van der Waals surface area contributed by atoms with E-state index in [4.69, 9.17) is 16.7 Å². The van der Waals surface area contributed by atoms with E-state index in [-0.39, 0.29) is 23.6 Å². The third-order valence-electron chi connectivity index (χ3n) is 2.39. The molecule has 6 heteroatoms. The van der Waals surface area contributed by atoms with Crippen molar-refractivity contribution in [1.29, 1.82) is 0 Å². The minimum atomic E-state index is -0.926. The summed E-state index contributed by atoms with van der Waals surface area (Å²) in [5.74, 6) is -2.08. The smallest absolute Gasteiger partial charge is 0.303 e. The second-order valence-corrected chi connectivity index (χ2v) is 4.28. The Morgan fingerprint density at radius 1 is 1.44 bits per heavy atom. The van der Waals surface area contributed by atoms with Crippen molar-refractivity contribution in [1.82, 2.24) is 4.90 Å². The van der Waals surface area contributed by atoms with Crippen LogP contribution in [0.1, 0.15) is 23.2 Å². The molecule has 0 aromatic heterocycles. The molecular weight excluding hydrogens is 261 g/mol. The maximum Gasteiger partial charge on any atom is 0.303 e. The number of hydrogen-bond acceptors (Lipinski definition) is 2.